The van der Waals surface area contributed by atoms with Crippen molar-refractivity contribution in [3.05, 3.63) is 59.7 Å². The van der Waals surface area contributed by atoms with Crippen molar-refractivity contribution in [2.24, 2.45) is 5.92 Å². The molecule has 0 aliphatic carbocycles. The Kier molecular flexibility index (Phi) is 13.9. The van der Waals surface area contributed by atoms with Crippen molar-refractivity contribution >= 4 is 23.4 Å². The molecule has 0 saturated carbocycles. The number of aliphatic hydroxyl groups excluding tert-OH is 1. The molecule has 0 fully saturated rings. The maximum absolute atomic E-state index is 14.2. The topological polar surface area (TPSA) is 108 Å². The number of hydrogen-bond acceptors (Lipinski definition) is 6. The predicted octanol–water partition coefficient (Wildman–Crippen LogP) is 5.46. The maximum Gasteiger partial charge on any atom is 0.389 e. The molecule has 3 amide bonds. The number of amides is 3. The van der Waals surface area contributed by atoms with E-state index in [0.717, 1.165) is 12.0 Å². The number of nitrogens with zero attached hydrogens (tertiary/aromatic N) is 2. The number of ether oxygens (including phenoxy) is 2. The third-order valence-electron chi connectivity index (χ3n) is 8.04. The molecule has 0 aromatic heterocycles. The molecule has 2 aromatic rings. The van der Waals surface area contributed by atoms with Crippen molar-refractivity contribution < 1.29 is 42.1 Å². The van der Waals surface area contributed by atoms with Crippen LogP contribution < -0.4 is 10.1 Å². The molecule has 1 aliphatic heterocycles. The van der Waals surface area contributed by atoms with Crippen molar-refractivity contribution in [1.82, 2.24) is 9.80 Å². The number of halogens is 3. The van der Waals surface area contributed by atoms with Crippen LogP contribution in [-0.2, 0) is 20.7 Å². The molecule has 3 rings (SSSR count). The van der Waals surface area contributed by atoms with Crippen LogP contribution in [0.3, 0.4) is 0 Å². The van der Waals surface area contributed by atoms with Crippen LogP contribution in [0.5, 0.6) is 5.75 Å². The largest absolute Gasteiger partial charge is 0.490 e. The van der Waals surface area contributed by atoms with Gasteiger partial charge in [-0.2, -0.15) is 13.2 Å². The van der Waals surface area contributed by atoms with Crippen molar-refractivity contribution in [3.63, 3.8) is 0 Å². The second-order valence-corrected chi connectivity index (χ2v) is 12.1. The van der Waals surface area contributed by atoms with Gasteiger partial charge in [0.15, 0.2) is 0 Å². The first-order valence-corrected chi connectivity index (χ1v) is 15.8. The zero-order chi connectivity index (χ0) is 33.9. The van der Waals surface area contributed by atoms with Crippen LogP contribution in [0.15, 0.2) is 48.5 Å². The number of benzene rings is 2. The van der Waals surface area contributed by atoms with E-state index in [-0.39, 0.29) is 49.6 Å². The number of alkyl halides is 3. The Hall–Kier alpha value is -3.64. The zero-order valence-electron chi connectivity index (χ0n) is 27.0. The number of nitrogens with one attached hydrogen (secondary N) is 1. The van der Waals surface area contributed by atoms with Gasteiger partial charge in [-0.3, -0.25) is 14.4 Å². The second kappa shape index (κ2) is 17.3. The highest BCUT2D eigenvalue weighted by Crippen LogP contribution is 2.29. The van der Waals surface area contributed by atoms with E-state index in [1.165, 1.54) is 16.8 Å². The number of fused-ring (bicyclic) bond motifs is 1. The van der Waals surface area contributed by atoms with E-state index in [9.17, 15) is 32.7 Å². The zero-order valence-corrected chi connectivity index (χ0v) is 27.0. The molecule has 12 heteroatoms. The van der Waals surface area contributed by atoms with Gasteiger partial charge in [0, 0.05) is 44.8 Å². The van der Waals surface area contributed by atoms with Crippen LogP contribution in [0, 0.1) is 5.92 Å². The molecule has 2 aromatic carbocycles. The summed E-state index contributed by atoms with van der Waals surface area (Å²) < 4.78 is 50.6. The lowest BCUT2D eigenvalue weighted by Crippen LogP contribution is -2.48. The number of aliphatic hydroxyl groups is 1. The number of carbonyl (C=O) groups is 3. The lowest BCUT2D eigenvalue weighted by atomic mass is 10.0. The smallest absolute Gasteiger partial charge is 0.389 e. The van der Waals surface area contributed by atoms with Crippen LogP contribution >= 0.6 is 0 Å². The second-order valence-electron chi connectivity index (χ2n) is 12.1. The molecule has 9 nitrogen and oxygen atoms in total. The van der Waals surface area contributed by atoms with E-state index >= 15 is 0 Å². The Balaban J connectivity index is 1.89. The van der Waals surface area contributed by atoms with E-state index in [0.29, 0.717) is 30.9 Å². The average molecular weight is 650 g/mol. The summed E-state index contributed by atoms with van der Waals surface area (Å²) in [5, 5.41) is 13.0. The average Bonchev–Trinajstić information content (AvgIpc) is 3.01. The molecular weight excluding hydrogens is 603 g/mol. The third-order valence-corrected chi connectivity index (χ3v) is 8.04. The van der Waals surface area contributed by atoms with E-state index in [1.807, 2.05) is 44.2 Å². The highest BCUT2D eigenvalue weighted by molar-refractivity contribution is 6.00. The van der Waals surface area contributed by atoms with Gasteiger partial charge in [0.05, 0.1) is 43.3 Å². The van der Waals surface area contributed by atoms with Gasteiger partial charge in [0.25, 0.3) is 5.91 Å². The maximum atomic E-state index is 14.2. The highest BCUT2D eigenvalue weighted by Gasteiger charge is 2.32. The van der Waals surface area contributed by atoms with E-state index in [1.54, 1.807) is 25.1 Å². The SMILES string of the molecule is C[C@@H]1CCCCO[C@@H](CN(C)C(=O)CCC(F)(F)F)[C@@H](C)CN([C@@H](C)CO)C(=O)c2cc(NC(=O)Cc3ccccc3)ccc2O1. The minimum atomic E-state index is -4.44. The molecule has 0 radical (unpaired) electrons. The summed E-state index contributed by atoms with van der Waals surface area (Å²) in [6.07, 6.45) is -4.87. The predicted molar refractivity (Wildman–Crippen MR) is 169 cm³/mol. The number of hydrogen-bond donors (Lipinski definition) is 2. The summed E-state index contributed by atoms with van der Waals surface area (Å²) in [7, 11) is 1.45. The summed E-state index contributed by atoms with van der Waals surface area (Å²) in [5.74, 6) is -1.35. The van der Waals surface area contributed by atoms with Crippen LogP contribution in [0.25, 0.3) is 0 Å². The van der Waals surface area contributed by atoms with E-state index in [2.05, 4.69) is 5.32 Å². The fraction of sp³-hybridized carbons (Fsp3) is 0.559. The van der Waals surface area contributed by atoms with Crippen molar-refractivity contribution in [3.8, 4) is 5.75 Å². The first kappa shape index (κ1) is 36.8. The molecule has 254 valence electrons. The minimum absolute atomic E-state index is 0.0427. The Morgan fingerprint density at radius 2 is 1.85 bits per heavy atom. The lowest BCUT2D eigenvalue weighted by molar-refractivity contribution is -0.149. The van der Waals surface area contributed by atoms with Gasteiger partial charge in [-0.15, -0.1) is 0 Å². The molecule has 1 aliphatic rings. The summed E-state index contributed by atoms with van der Waals surface area (Å²) in [5.41, 5.74) is 1.47. The fourth-order valence-electron chi connectivity index (χ4n) is 5.26. The third kappa shape index (κ3) is 11.6. The molecule has 46 heavy (non-hydrogen) atoms. The Morgan fingerprint density at radius 3 is 2.52 bits per heavy atom. The number of rotatable bonds is 9. The van der Waals surface area contributed by atoms with Gasteiger partial charge in [-0.25, -0.2) is 0 Å². The van der Waals surface area contributed by atoms with Gasteiger partial charge in [0.2, 0.25) is 11.8 Å². The molecule has 1 heterocycles. The Morgan fingerprint density at radius 1 is 1.13 bits per heavy atom. The monoisotopic (exact) mass is 649 g/mol. The number of carbonyl (C=O) groups excluding carboxylic acids is 3. The van der Waals surface area contributed by atoms with Gasteiger partial charge in [0.1, 0.15) is 5.75 Å². The first-order valence-electron chi connectivity index (χ1n) is 15.8. The van der Waals surface area contributed by atoms with Crippen molar-refractivity contribution in [1.29, 1.82) is 0 Å². The summed E-state index contributed by atoms with van der Waals surface area (Å²) in [4.78, 5) is 42.3. The van der Waals surface area contributed by atoms with Crippen molar-refractivity contribution in [2.75, 3.05) is 38.7 Å². The van der Waals surface area contributed by atoms with Gasteiger partial charge in [-0.1, -0.05) is 37.3 Å². The summed E-state index contributed by atoms with van der Waals surface area (Å²) >= 11 is 0. The Labute approximate surface area is 269 Å². The van der Waals surface area contributed by atoms with E-state index < -0.39 is 43.0 Å². The van der Waals surface area contributed by atoms with Crippen LogP contribution in [0.4, 0.5) is 18.9 Å². The lowest BCUT2D eigenvalue weighted by Gasteiger charge is -2.36. The normalized spacial score (nSPS) is 20.6. The Bertz CT molecular complexity index is 1290. The molecule has 0 unspecified atom stereocenters. The fourth-order valence-corrected chi connectivity index (χ4v) is 5.26. The molecule has 0 bridgehead atoms. The van der Waals surface area contributed by atoms with Gasteiger partial charge >= 0.3 is 6.18 Å². The quantitative estimate of drug-likeness (QED) is 0.374. The first-order chi connectivity index (χ1) is 21.8. The van der Waals surface area contributed by atoms with E-state index in [4.69, 9.17) is 9.47 Å². The van der Waals surface area contributed by atoms with Crippen LogP contribution in [0.1, 0.15) is 68.8 Å². The molecular formula is C34H46F3N3O6. The van der Waals surface area contributed by atoms with Gasteiger partial charge < -0.3 is 29.7 Å². The molecule has 0 spiro atoms. The summed E-state index contributed by atoms with van der Waals surface area (Å²) in [6, 6.07) is 13.6. The molecule has 0 saturated heterocycles. The standard InChI is InChI=1S/C34H46F3N3O6/c1-23-20-40(24(2)22-41)33(44)28-19-27(38-31(42)18-26-11-6-5-7-12-26)13-14-29(28)46-25(3)10-8-9-17-45-30(23)21-39(4)32(43)15-16-34(35,36)37/h5-7,11-14,19,23-25,30,41H,8-10,15-18,20-22H2,1-4H3,(H,38,42)/t23-,24-,25+,30-/m0/s1. The number of likely N-dealkylation sites (N-methyl/N-ethyl adjacent to an activating group) is 1. The van der Waals surface area contributed by atoms with Crippen molar-refractivity contribution in [2.45, 2.75) is 83.7 Å². The van der Waals surface area contributed by atoms with Crippen LogP contribution in [0.2, 0.25) is 0 Å². The molecule has 2 N–H and O–H groups in total. The molecule has 4 atom stereocenters. The number of anilines is 1. The van der Waals surface area contributed by atoms with Gasteiger partial charge in [-0.05, 0) is 56.9 Å². The highest BCUT2D eigenvalue weighted by atomic mass is 19.4. The van der Waals surface area contributed by atoms with Crippen LogP contribution in [-0.4, -0.2) is 90.4 Å². The summed E-state index contributed by atoms with van der Waals surface area (Å²) in [6.45, 7) is 5.63. The minimum Gasteiger partial charge on any atom is -0.490 e.